The van der Waals surface area contributed by atoms with Gasteiger partial charge in [-0.1, -0.05) is 6.07 Å². The van der Waals surface area contributed by atoms with Crippen molar-refractivity contribution in [2.45, 2.75) is 13.3 Å². The smallest absolute Gasteiger partial charge is 0.307 e. The van der Waals surface area contributed by atoms with E-state index < -0.39 is 17.7 Å². The van der Waals surface area contributed by atoms with Gasteiger partial charge in [0, 0.05) is 12.1 Å². The van der Waals surface area contributed by atoms with Gasteiger partial charge in [-0.05, 0) is 37.6 Å². The number of benzene rings is 1. The maximum atomic E-state index is 12.5. The Morgan fingerprint density at radius 3 is 2.53 bits per heavy atom. The van der Waals surface area contributed by atoms with E-state index in [2.05, 4.69) is 5.32 Å². The monoisotopic (exact) mass is 268 g/mol. The summed E-state index contributed by atoms with van der Waals surface area (Å²) >= 11 is 0. The second-order valence-electron chi connectivity index (χ2n) is 4.35. The van der Waals surface area contributed by atoms with Gasteiger partial charge in [0.2, 0.25) is 5.91 Å². The number of primary amides is 1. The summed E-state index contributed by atoms with van der Waals surface area (Å²) in [5, 5.41) is 11.3. The molecule has 1 aromatic carbocycles. The molecule has 19 heavy (non-hydrogen) atoms. The molecule has 1 heterocycles. The van der Waals surface area contributed by atoms with Gasteiger partial charge in [0.05, 0.1) is 5.92 Å². The van der Waals surface area contributed by atoms with Crippen LogP contribution in [-0.2, 0) is 4.79 Å². The van der Waals surface area contributed by atoms with Crippen LogP contribution in [0.2, 0.25) is 0 Å². The molecule has 104 valence electrons. The van der Waals surface area contributed by atoms with Crippen LogP contribution < -0.4 is 11.1 Å². The molecule has 1 saturated heterocycles. The van der Waals surface area contributed by atoms with Gasteiger partial charge in [-0.2, -0.15) is 0 Å². The van der Waals surface area contributed by atoms with Crippen LogP contribution >= 0.6 is 0 Å². The Morgan fingerprint density at radius 2 is 2.16 bits per heavy atom. The minimum Gasteiger partial charge on any atom is -0.481 e. The number of rotatable bonds is 2. The molecule has 1 unspecified atom stereocenters. The summed E-state index contributed by atoms with van der Waals surface area (Å²) in [7, 11) is 0. The third kappa shape index (κ3) is 4.67. The first-order chi connectivity index (χ1) is 8.91. The van der Waals surface area contributed by atoms with Crippen molar-refractivity contribution in [1.29, 1.82) is 0 Å². The quantitative estimate of drug-likeness (QED) is 0.743. The number of amides is 1. The van der Waals surface area contributed by atoms with E-state index in [1.54, 1.807) is 6.92 Å². The lowest BCUT2D eigenvalue weighted by molar-refractivity contribution is -0.140. The summed E-state index contributed by atoms with van der Waals surface area (Å²) in [6, 6.07) is 3.95. The Morgan fingerprint density at radius 1 is 1.47 bits per heavy atom. The van der Waals surface area contributed by atoms with E-state index in [-0.39, 0.29) is 11.5 Å². The minimum absolute atomic E-state index is 0.130. The number of nitrogens with one attached hydrogen (secondary N) is 1. The van der Waals surface area contributed by atoms with Crippen LogP contribution in [0.1, 0.15) is 22.3 Å². The van der Waals surface area contributed by atoms with E-state index in [4.69, 9.17) is 10.8 Å². The van der Waals surface area contributed by atoms with Crippen LogP contribution in [0.15, 0.2) is 18.2 Å². The Labute approximate surface area is 110 Å². The summed E-state index contributed by atoms with van der Waals surface area (Å²) in [5.74, 6) is -1.84. The Bertz CT molecular complexity index is 471. The summed E-state index contributed by atoms with van der Waals surface area (Å²) < 4.78 is 12.5. The zero-order chi connectivity index (χ0) is 14.4. The number of nitrogens with two attached hydrogens (primary N) is 1. The molecule has 0 radical (unpaired) electrons. The standard InChI is InChI=1S/C8H8FNO.C5H9NO2/c1-5-2-3-6(9)4-7(5)8(10)11;7-5(8)4-1-2-6-3-4/h2-4H,1H3,(H2,10,11);4,6H,1-3H2,(H,7,8). The van der Waals surface area contributed by atoms with Gasteiger partial charge < -0.3 is 16.2 Å². The fraction of sp³-hybridized carbons (Fsp3) is 0.385. The van der Waals surface area contributed by atoms with Gasteiger partial charge >= 0.3 is 5.97 Å². The highest BCUT2D eigenvalue weighted by atomic mass is 19.1. The van der Waals surface area contributed by atoms with E-state index in [1.807, 2.05) is 0 Å². The third-order valence-corrected chi connectivity index (χ3v) is 2.87. The second kappa shape index (κ2) is 6.84. The summed E-state index contributed by atoms with van der Waals surface area (Å²) in [5.41, 5.74) is 5.91. The van der Waals surface area contributed by atoms with Gasteiger partial charge in [-0.25, -0.2) is 4.39 Å². The van der Waals surface area contributed by atoms with Gasteiger partial charge in [0.15, 0.2) is 0 Å². The van der Waals surface area contributed by atoms with Crippen LogP contribution in [0.5, 0.6) is 0 Å². The first-order valence-corrected chi connectivity index (χ1v) is 5.91. The molecule has 0 aliphatic carbocycles. The highest BCUT2D eigenvalue weighted by Gasteiger charge is 2.20. The number of hydrogen-bond acceptors (Lipinski definition) is 3. The van der Waals surface area contributed by atoms with Crippen molar-refractivity contribution in [2.75, 3.05) is 13.1 Å². The molecule has 1 aliphatic rings. The molecule has 0 spiro atoms. The van der Waals surface area contributed by atoms with Crippen LogP contribution in [0.3, 0.4) is 0 Å². The van der Waals surface area contributed by atoms with Crippen molar-refractivity contribution >= 4 is 11.9 Å². The summed E-state index contributed by atoms with van der Waals surface area (Å²) in [4.78, 5) is 20.8. The molecule has 1 amide bonds. The molecule has 6 heteroatoms. The fourth-order valence-electron chi connectivity index (χ4n) is 1.73. The minimum atomic E-state index is -0.671. The van der Waals surface area contributed by atoms with Crippen molar-refractivity contribution < 1.29 is 19.1 Å². The molecule has 1 atom stereocenters. The van der Waals surface area contributed by atoms with E-state index >= 15 is 0 Å². The first-order valence-electron chi connectivity index (χ1n) is 5.91. The Balaban J connectivity index is 0.000000200. The number of carbonyl (C=O) groups is 2. The summed E-state index contributed by atoms with van der Waals surface area (Å²) in [6.45, 7) is 3.21. The molecule has 2 rings (SSSR count). The third-order valence-electron chi connectivity index (χ3n) is 2.87. The number of carbonyl (C=O) groups excluding carboxylic acids is 1. The van der Waals surface area contributed by atoms with Crippen molar-refractivity contribution in [3.05, 3.63) is 35.1 Å². The number of aliphatic carboxylic acids is 1. The predicted molar refractivity (Wildman–Crippen MR) is 68.3 cm³/mol. The number of halogens is 1. The Kier molecular flexibility index (Phi) is 5.44. The summed E-state index contributed by atoms with van der Waals surface area (Å²) in [6.07, 6.45) is 0.787. The van der Waals surface area contributed by atoms with Crippen LogP contribution in [0.25, 0.3) is 0 Å². The lowest BCUT2D eigenvalue weighted by atomic mass is 10.1. The largest absolute Gasteiger partial charge is 0.481 e. The molecular formula is C13H17FN2O3. The molecule has 1 fully saturated rings. The zero-order valence-electron chi connectivity index (χ0n) is 10.6. The molecular weight excluding hydrogens is 251 g/mol. The van der Waals surface area contributed by atoms with Crippen molar-refractivity contribution in [2.24, 2.45) is 11.7 Å². The van der Waals surface area contributed by atoms with E-state index in [0.29, 0.717) is 12.1 Å². The van der Waals surface area contributed by atoms with Gasteiger partial charge in [0.1, 0.15) is 5.82 Å². The van der Waals surface area contributed by atoms with Crippen molar-refractivity contribution in [3.63, 3.8) is 0 Å². The predicted octanol–water partition coefficient (Wildman–Crippen LogP) is 0.914. The average Bonchev–Trinajstić information content (AvgIpc) is 2.86. The van der Waals surface area contributed by atoms with Gasteiger partial charge in [0.25, 0.3) is 0 Å². The molecule has 5 nitrogen and oxygen atoms in total. The van der Waals surface area contributed by atoms with Crippen LogP contribution in [0.4, 0.5) is 4.39 Å². The van der Waals surface area contributed by atoms with Crippen LogP contribution in [-0.4, -0.2) is 30.1 Å². The average molecular weight is 268 g/mol. The van der Waals surface area contributed by atoms with Crippen molar-refractivity contribution in [3.8, 4) is 0 Å². The maximum absolute atomic E-state index is 12.5. The molecule has 0 saturated carbocycles. The molecule has 4 N–H and O–H groups in total. The second-order valence-corrected chi connectivity index (χ2v) is 4.35. The number of hydrogen-bond donors (Lipinski definition) is 3. The van der Waals surface area contributed by atoms with E-state index in [0.717, 1.165) is 19.0 Å². The van der Waals surface area contributed by atoms with Gasteiger partial charge in [-0.15, -0.1) is 0 Å². The molecule has 1 aliphatic heterocycles. The highest BCUT2D eigenvalue weighted by molar-refractivity contribution is 5.94. The SMILES string of the molecule is Cc1ccc(F)cc1C(N)=O.O=C(O)C1CCNC1. The zero-order valence-corrected chi connectivity index (χ0v) is 10.6. The molecule has 0 aromatic heterocycles. The lowest BCUT2D eigenvalue weighted by Gasteiger charge is -1.99. The fourth-order valence-corrected chi connectivity index (χ4v) is 1.73. The Hall–Kier alpha value is -1.95. The number of carboxylic acid groups (broad SMARTS) is 1. The molecule has 1 aromatic rings. The first kappa shape index (κ1) is 15.1. The van der Waals surface area contributed by atoms with Gasteiger partial charge in [-0.3, -0.25) is 9.59 Å². The van der Waals surface area contributed by atoms with Crippen LogP contribution in [0, 0.1) is 18.7 Å². The number of carboxylic acids is 1. The van der Waals surface area contributed by atoms with E-state index in [9.17, 15) is 14.0 Å². The highest BCUT2D eigenvalue weighted by Crippen LogP contribution is 2.08. The lowest BCUT2D eigenvalue weighted by Crippen LogP contribution is -2.16. The van der Waals surface area contributed by atoms with Crippen molar-refractivity contribution in [1.82, 2.24) is 5.32 Å². The molecule has 0 bridgehead atoms. The van der Waals surface area contributed by atoms with E-state index in [1.165, 1.54) is 12.1 Å². The maximum Gasteiger partial charge on any atom is 0.307 e. The normalized spacial score (nSPS) is 17.5. The topological polar surface area (TPSA) is 92.4 Å². The number of aryl methyl sites for hydroxylation is 1.